The Morgan fingerprint density at radius 2 is 1.69 bits per heavy atom. The SMILES string of the molecule is COc1ccc(COC(=O)c2ccc3c(c2)NC(C(N)=O)(c2ccc(OCC(=O)NCCCN(C)C)cc2)N3C2CCCCC2)cc1OC. The molecule has 1 fully saturated rings. The third kappa shape index (κ3) is 8.02. The molecule has 0 bridgehead atoms. The Hall–Kier alpha value is -4.97. The van der Waals surface area contributed by atoms with Crippen molar-refractivity contribution in [2.45, 2.75) is 56.8 Å². The van der Waals surface area contributed by atoms with E-state index in [1.165, 1.54) is 0 Å². The van der Waals surface area contributed by atoms with E-state index in [9.17, 15) is 14.4 Å². The van der Waals surface area contributed by atoms with Crippen LogP contribution in [0, 0.1) is 0 Å². The average Bonchev–Trinajstić information content (AvgIpc) is 3.47. The van der Waals surface area contributed by atoms with Crippen molar-refractivity contribution in [3.05, 3.63) is 77.4 Å². The van der Waals surface area contributed by atoms with E-state index < -0.39 is 17.5 Å². The van der Waals surface area contributed by atoms with Crippen molar-refractivity contribution in [1.82, 2.24) is 10.2 Å². The Balaban J connectivity index is 1.34. The number of esters is 1. The maximum atomic E-state index is 13.6. The zero-order valence-corrected chi connectivity index (χ0v) is 28.8. The van der Waals surface area contributed by atoms with Crippen molar-refractivity contribution in [3.8, 4) is 17.2 Å². The first-order valence-corrected chi connectivity index (χ1v) is 16.7. The van der Waals surface area contributed by atoms with Crippen molar-refractivity contribution < 1.29 is 33.3 Å². The highest BCUT2D eigenvalue weighted by molar-refractivity contribution is 6.01. The van der Waals surface area contributed by atoms with Gasteiger partial charge in [0.15, 0.2) is 18.1 Å². The van der Waals surface area contributed by atoms with Crippen LogP contribution in [-0.2, 0) is 26.6 Å². The fourth-order valence-electron chi connectivity index (χ4n) is 6.57. The monoisotopic (exact) mass is 673 g/mol. The number of benzene rings is 3. The number of amides is 2. The minimum absolute atomic E-state index is 0.0374. The molecule has 0 spiro atoms. The lowest BCUT2D eigenvalue weighted by Gasteiger charge is -2.44. The fourth-order valence-corrected chi connectivity index (χ4v) is 6.57. The normalized spacial score (nSPS) is 17.2. The van der Waals surface area contributed by atoms with Crippen LogP contribution in [0.3, 0.4) is 0 Å². The summed E-state index contributed by atoms with van der Waals surface area (Å²) in [7, 11) is 7.09. The van der Waals surface area contributed by atoms with Gasteiger partial charge in [0.1, 0.15) is 12.4 Å². The number of ether oxygens (including phenoxy) is 4. The molecule has 12 heteroatoms. The van der Waals surface area contributed by atoms with Crippen LogP contribution >= 0.6 is 0 Å². The van der Waals surface area contributed by atoms with E-state index in [1.807, 2.05) is 20.2 Å². The molecule has 1 heterocycles. The topological polar surface area (TPSA) is 145 Å². The van der Waals surface area contributed by atoms with E-state index in [4.69, 9.17) is 24.7 Å². The van der Waals surface area contributed by atoms with Crippen LogP contribution < -0.4 is 35.5 Å². The zero-order valence-electron chi connectivity index (χ0n) is 28.8. The lowest BCUT2D eigenvalue weighted by molar-refractivity contribution is -0.123. The van der Waals surface area contributed by atoms with Crippen molar-refractivity contribution in [2.75, 3.05) is 58.2 Å². The number of carbonyl (C=O) groups is 3. The summed E-state index contributed by atoms with van der Waals surface area (Å²) in [5, 5.41) is 6.28. The van der Waals surface area contributed by atoms with Crippen LogP contribution in [0.15, 0.2) is 60.7 Å². The van der Waals surface area contributed by atoms with Crippen molar-refractivity contribution in [1.29, 1.82) is 0 Å². The predicted octanol–water partition coefficient (Wildman–Crippen LogP) is 4.41. The van der Waals surface area contributed by atoms with Gasteiger partial charge in [-0.15, -0.1) is 0 Å². The van der Waals surface area contributed by atoms with Crippen molar-refractivity contribution in [3.63, 3.8) is 0 Å². The molecule has 4 N–H and O–H groups in total. The predicted molar refractivity (Wildman–Crippen MR) is 187 cm³/mol. The Morgan fingerprint density at radius 1 is 0.959 bits per heavy atom. The summed E-state index contributed by atoms with van der Waals surface area (Å²) < 4.78 is 22.1. The molecule has 262 valence electrons. The summed E-state index contributed by atoms with van der Waals surface area (Å²) >= 11 is 0. The molecule has 12 nitrogen and oxygen atoms in total. The summed E-state index contributed by atoms with van der Waals surface area (Å²) in [6.45, 7) is 1.37. The number of methoxy groups -OCH3 is 2. The van der Waals surface area contributed by atoms with E-state index in [0.717, 1.165) is 56.3 Å². The van der Waals surface area contributed by atoms with Crippen LogP contribution in [-0.4, -0.2) is 76.7 Å². The van der Waals surface area contributed by atoms with Gasteiger partial charge in [0, 0.05) is 18.2 Å². The molecule has 1 aliphatic heterocycles. The lowest BCUT2D eigenvalue weighted by atomic mass is 9.89. The first-order valence-electron chi connectivity index (χ1n) is 16.7. The molecular formula is C37H47N5O7. The molecular weight excluding hydrogens is 626 g/mol. The van der Waals surface area contributed by atoms with Gasteiger partial charge in [0.2, 0.25) is 5.66 Å². The van der Waals surface area contributed by atoms with E-state index in [2.05, 4.69) is 20.4 Å². The molecule has 0 radical (unpaired) electrons. The zero-order chi connectivity index (χ0) is 35.0. The van der Waals surface area contributed by atoms with Gasteiger partial charge in [-0.1, -0.05) is 37.5 Å². The number of nitrogens with two attached hydrogens (primary N) is 1. The second kappa shape index (κ2) is 16.0. The van der Waals surface area contributed by atoms with Crippen molar-refractivity contribution in [2.24, 2.45) is 5.73 Å². The first-order chi connectivity index (χ1) is 23.7. The third-order valence-corrected chi connectivity index (χ3v) is 9.03. The van der Waals surface area contributed by atoms with Gasteiger partial charge in [-0.25, -0.2) is 4.79 Å². The second-order valence-corrected chi connectivity index (χ2v) is 12.7. The van der Waals surface area contributed by atoms with Crippen LogP contribution in [0.4, 0.5) is 11.4 Å². The molecule has 3 aromatic carbocycles. The van der Waals surface area contributed by atoms with Gasteiger partial charge in [0.25, 0.3) is 11.8 Å². The summed E-state index contributed by atoms with van der Waals surface area (Å²) in [6.07, 6.45) is 5.85. The van der Waals surface area contributed by atoms with Gasteiger partial charge < -0.3 is 45.1 Å². The summed E-state index contributed by atoms with van der Waals surface area (Å²) in [5.41, 5.74) is 7.96. The fraction of sp³-hybridized carbons (Fsp3) is 0.432. The molecule has 3 aromatic rings. The number of hydrogen-bond acceptors (Lipinski definition) is 10. The highest BCUT2D eigenvalue weighted by atomic mass is 16.5. The van der Waals surface area contributed by atoms with Crippen LogP contribution in [0.1, 0.15) is 60.0 Å². The van der Waals surface area contributed by atoms with E-state index in [1.54, 1.807) is 68.8 Å². The number of hydrogen-bond donors (Lipinski definition) is 3. The number of rotatable bonds is 15. The molecule has 2 amide bonds. The molecule has 1 aliphatic carbocycles. The van der Waals surface area contributed by atoms with Gasteiger partial charge in [-0.3, -0.25) is 9.59 Å². The van der Waals surface area contributed by atoms with Gasteiger partial charge in [-0.2, -0.15) is 0 Å². The number of anilines is 2. The quantitative estimate of drug-likeness (QED) is 0.157. The van der Waals surface area contributed by atoms with Gasteiger partial charge in [-0.05, 0) is 87.9 Å². The average molecular weight is 674 g/mol. The van der Waals surface area contributed by atoms with E-state index >= 15 is 0 Å². The number of fused-ring (bicyclic) bond motifs is 1. The molecule has 0 aromatic heterocycles. The highest BCUT2D eigenvalue weighted by Crippen LogP contribution is 2.49. The number of nitrogens with one attached hydrogen (secondary N) is 2. The van der Waals surface area contributed by atoms with Crippen LogP contribution in [0.2, 0.25) is 0 Å². The molecule has 1 atom stereocenters. The Labute approximate surface area is 287 Å². The van der Waals surface area contributed by atoms with Gasteiger partial charge >= 0.3 is 5.97 Å². The molecule has 0 saturated heterocycles. The molecule has 5 rings (SSSR count). The summed E-state index contributed by atoms with van der Waals surface area (Å²) in [4.78, 5) is 43.3. The largest absolute Gasteiger partial charge is 0.493 e. The van der Waals surface area contributed by atoms with Crippen molar-refractivity contribution >= 4 is 29.2 Å². The second-order valence-electron chi connectivity index (χ2n) is 12.7. The Kier molecular flexibility index (Phi) is 11.5. The molecule has 1 unspecified atom stereocenters. The Morgan fingerprint density at radius 3 is 2.37 bits per heavy atom. The van der Waals surface area contributed by atoms with E-state index in [0.29, 0.717) is 40.6 Å². The number of primary amides is 1. The van der Waals surface area contributed by atoms with Crippen LogP contribution in [0.25, 0.3) is 0 Å². The maximum absolute atomic E-state index is 13.6. The highest BCUT2D eigenvalue weighted by Gasteiger charge is 2.52. The number of carbonyl (C=O) groups excluding carboxylic acids is 3. The maximum Gasteiger partial charge on any atom is 0.338 e. The Bertz CT molecular complexity index is 1620. The molecule has 1 saturated carbocycles. The van der Waals surface area contributed by atoms with Gasteiger partial charge in [0.05, 0.1) is 31.2 Å². The minimum atomic E-state index is -1.41. The van der Waals surface area contributed by atoms with Crippen LogP contribution in [0.5, 0.6) is 17.2 Å². The third-order valence-electron chi connectivity index (χ3n) is 9.03. The smallest absolute Gasteiger partial charge is 0.338 e. The van der Waals surface area contributed by atoms with E-state index in [-0.39, 0.29) is 25.2 Å². The lowest BCUT2D eigenvalue weighted by Crippen LogP contribution is -2.60. The minimum Gasteiger partial charge on any atom is -0.493 e. The summed E-state index contributed by atoms with van der Waals surface area (Å²) in [5.74, 6) is 0.330. The molecule has 49 heavy (non-hydrogen) atoms. The summed E-state index contributed by atoms with van der Waals surface area (Å²) in [6, 6.07) is 17.7. The number of nitrogens with zero attached hydrogens (tertiary/aromatic N) is 2. The standard InChI is InChI=1S/C37H47N5O7/c1-41(2)20-8-19-39-34(43)24-48-29-15-13-27(14-16-29)37(36(38)45)40-30-22-26(12-17-31(30)42(37)28-9-6-5-7-10-28)35(44)49-23-25-11-18-32(46-3)33(21-25)47-4/h11-18,21-22,28,40H,5-10,19-20,23-24H2,1-4H3,(H2,38,45)(H,39,43). The molecule has 2 aliphatic rings. The first kappa shape index (κ1) is 35.3.